The second-order valence-electron chi connectivity index (χ2n) is 6.15. The van der Waals surface area contributed by atoms with Crippen molar-refractivity contribution in [3.8, 4) is 0 Å². The van der Waals surface area contributed by atoms with Crippen LogP contribution in [-0.2, 0) is 4.79 Å². The van der Waals surface area contributed by atoms with Crippen LogP contribution in [-0.4, -0.2) is 65.2 Å². The maximum atomic E-state index is 12.3. The summed E-state index contributed by atoms with van der Waals surface area (Å²) in [5.74, 6) is -0.826. The molecule has 2 fully saturated rings. The first-order valence-electron chi connectivity index (χ1n) is 8.11. The van der Waals surface area contributed by atoms with Gasteiger partial charge < -0.3 is 20.2 Å². The summed E-state index contributed by atoms with van der Waals surface area (Å²) in [6.45, 7) is 6.07. The maximum Gasteiger partial charge on any atom is 0.317 e. The number of carbonyl (C=O) groups is 2. The molecule has 2 heterocycles. The molecule has 6 heteroatoms. The molecule has 2 saturated heterocycles. The molecule has 2 amide bonds. The fraction of sp³-hybridized carbons (Fsp3) is 0.867. The Morgan fingerprint density at radius 2 is 1.90 bits per heavy atom. The zero-order chi connectivity index (χ0) is 15.2. The molecule has 0 aromatic rings. The molecule has 2 N–H and O–H groups in total. The first kappa shape index (κ1) is 16.1. The van der Waals surface area contributed by atoms with Gasteiger partial charge in [-0.3, -0.25) is 4.79 Å². The highest BCUT2D eigenvalue weighted by molar-refractivity contribution is 5.76. The molecule has 0 aromatic heterocycles. The van der Waals surface area contributed by atoms with Crippen molar-refractivity contribution in [2.75, 3.05) is 26.2 Å². The number of rotatable bonds is 5. The minimum atomic E-state index is -0.826. The molecule has 2 aliphatic heterocycles. The van der Waals surface area contributed by atoms with Crippen LogP contribution in [0.15, 0.2) is 0 Å². The molecule has 0 aliphatic carbocycles. The van der Waals surface area contributed by atoms with E-state index in [4.69, 9.17) is 5.11 Å². The van der Waals surface area contributed by atoms with Crippen LogP contribution in [0, 0.1) is 0 Å². The summed E-state index contributed by atoms with van der Waals surface area (Å²) in [5.41, 5.74) is 0. The van der Waals surface area contributed by atoms with E-state index < -0.39 is 5.97 Å². The fourth-order valence-corrected chi connectivity index (χ4v) is 3.39. The van der Waals surface area contributed by atoms with Crippen LogP contribution in [0.1, 0.15) is 45.4 Å². The van der Waals surface area contributed by atoms with Crippen LogP contribution < -0.4 is 5.32 Å². The van der Waals surface area contributed by atoms with Gasteiger partial charge in [0.2, 0.25) is 0 Å². The van der Waals surface area contributed by atoms with E-state index in [9.17, 15) is 9.59 Å². The molecule has 0 bridgehead atoms. The highest BCUT2D eigenvalue weighted by Crippen LogP contribution is 2.21. The summed E-state index contributed by atoms with van der Waals surface area (Å²) in [6, 6.07) is 0.0204. The predicted molar refractivity (Wildman–Crippen MR) is 80.3 cm³/mol. The molecule has 2 aliphatic rings. The first-order valence-corrected chi connectivity index (χ1v) is 8.11. The minimum absolute atomic E-state index is 0.0579. The molecule has 6 nitrogen and oxygen atoms in total. The Morgan fingerprint density at radius 1 is 1.19 bits per heavy atom. The molecule has 21 heavy (non-hydrogen) atoms. The lowest BCUT2D eigenvalue weighted by Crippen LogP contribution is -2.50. The predicted octanol–water partition coefficient (Wildman–Crippen LogP) is 1.51. The number of carbonyl (C=O) groups excluding carboxylic acids is 1. The summed E-state index contributed by atoms with van der Waals surface area (Å²) >= 11 is 0. The first-order chi connectivity index (χ1) is 10.1. The second kappa shape index (κ2) is 7.64. The van der Waals surface area contributed by atoms with Crippen molar-refractivity contribution in [1.82, 2.24) is 15.1 Å². The normalized spacial score (nSPS) is 24.2. The van der Waals surface area contributed by atoms with Gasteiger partial charge in [0.25, 0.3) is 0 Å². The summed E-state index contributed by atoms with van der Waals surface area (Å²) in [5, 5.41) is 12.0. The Kier molecular flexibility index (Phi) is 5.85. The number of nitrogens with zero attached hydrogens (tertiary/aromatic N) is 2. The standard InChI is InChI=1S/C15H27N3O3/c1-2-7-17-9-5-12(6-10-17)16-15(21)18-8-3-4-13(18)11-14(19)20/h12-13H,2-11H2,1H3,(H,16,21)(H,19,20). The average molecular weight is 297 g/mol. The molecule has 0 spiro atoms. The molecule has 0 saturated carbocycles. The van der Waals surface area contributed by atoms with Gasteiger partial charge in [-0.1, -0.05) is 6.92 Å². The zero-order valence-electron chi connectivity index (χ0n) is 12.9. The Hall–Kier alpha value is -1.30. The maximum absolute atomic E-state index is 12.3. The third-order valence-electron chi connectivity index (χ3n) is 4.50. The Labute approximate surface area is 126 Å². The summed E-state index contributed by atoms with van der Waals surface area (Å²) in [7, 11) is 0. The number of likely N-dealkylation sites (tertiary alicyclic amines) is 2. The van der Waals surface area contributed by atoms with Gasteiger partial charge in [-0.25, -0.2) is 4.79 Å². The highest BCUT2D eigenvalue weighted by atomic mass is 16.4. The van der Waals surface area contributed by atoms with E-state index in [0.717, 1.165) is 45.3 Å². The van der Waals surface area contributed by atoms with Crippen molar-refractivity contribution in [3.63, 3.8) is 0 Å². The molecule has 1 atom stereocenters. The van der Waals surface area contributed by atoms with Crippen molar-refractivity contribution in [2.24, 2.45) is 0 Å². The lowest BCUT2D eigenvalue weighted by Gasteiger charge is -2.33. The van der Waals surface area contributed by atoms with E-state index in [1.165, 1.54) is 6.42 Å². The van der Waals surface area contributed by atoms with Crippen molar-refractivity contribution < 1.29 is 14.7 Å². The minimum Gasteiger partial charge on any atom is -0.481 e. The molecule has 120 valence electrons. The van der Waals surface area contributed by atoms with Crippen LogP contribution in [0.5, 0.6) is 0 Å². The number of urea groups is 1. The number of carboxylic acid groups (broad SMARTS) is 1. The number of hydrogen-bond acceptors (Lipinski definition) is 3. The summed E-state index contributed by atoms with van der Waals surface area (Å²) in [6.07, 6.45) is 4.91. The van der Waals surface area contributed by atoms with Gasteiger partial charge in [0.15, 0.2) is 0 Å². The van der Waals surface area contributed by atoms with E-state index in [-0.39, 0.29) is 24.5 Å². The third-order valence-corrected chi connectivity index (χ3v) is 4.50. The Morgan fingerprint density at radius 3 is 2.52 bits per heavy atom. The number of carboxylic acids is 1. The Balaban J connectivity index is 1.77. The highest BCUT2D eigenvalue weighted by Gasteiger charge is 2.31. The lowest BCUT2D eigenvalue weighted by atomic mass is 10.1. The van der Waals surface area contributed by atoms with Crippen LogP contribution in [0.4, 0.5) is 4.79 Å². The van der Waals surface area contributed by atoms with Crippen molar-refractivity contribution in [3.05, 3.63) is 0 Å². The molecular weight excluding hydrogens is 270 g/mol. The molecule has 0 aromatic carbocycles. The average Bonchev–Trinajstić information content (AvgIpc) is 2.88. The number of hydrogen-bond donors (Lipinski definition) is 2. The third kappa shape index (κ3) is 4.59. The van der Waals surface area contributed by atoms with Crippen LogP contribution in [0.2, 0.25) is 0 Å². The van der Waals surface area contributed by atoms with E-state index in [2.05, 4.69) is 17.1 Å². The molecule has 0 radical (unpaired) electrons. The van der Waals surface area contributed by atoms with Crippen LogP contribution in [0.25, 0.3) is 0 Å². The van der Waals surface area contributed by atoms with Gasteiger partial charge in [-0.05, 0) is 38.6 Å². The smallest absolute Gasteiger partial charge is 0.317 e. The van der Waals surface area contributed by atoms with Gasteiger partial charge in [0, 0.05) is 31.7 Å². The zero-order valence-corrected chi connectivity index (χ0v) is 12.9. The number of nitrogens with one attached hydrogen (secondary N) is 1. The van der Waals surface area contributed by atoms with Gasteiger partial charge in [-0.2, -0.15) is 0 Å². The van der Waals surface area contributed by atoms with Crippen LogP contribution in [0.3, 0.4) is 0 Å². The summed E-state index contributed by atoms with van der Waals surface area (Å²) in [4.78, 5) is 27.3. The van der Waals surface area contributed by atoms with E-state index in [0.29, 0.717) is 6.54 Å². The van der Waals surface area contributed by atoms with Gasteiger partial charge in [0.05, 0.1) is 6.42 Å². The van der Waals surface area contributed by atoms with Gasteiger partial charge in [0.1, 0.15) is 0 Å². The van der Waals surface area contributed by atoms with Crippen molar-refractivity contribution in [1.29, 1.82) is 0 Å². The molecular formula is C15H27N3O3. The van der Waals surface area contributed by atoms with E-state index in [1.54, 1.807) is 4.90 Å². The van der Waals surface area contributed by atoms with Crippen molar-refractivity contribution in [2.45, 2.75) is 57.5 Å². The SMILES string of the molecule is CCCN1CCC(NC(=O)N2CCCC2CC(=O)O)CC1. The monoisotopic (exact) mass is 297 g/mol. The van der Waals surface area contributed by atoms with E-state index in [1.807, 2.05) is 0 Å². The number of aliphatic carboxylic acids is 1. The lowest BCUT2D eigenvalue weighted by molar-refractivity contribution is -0.137. The molecule has 1 unspecified atom stereocenters. The van der Waals surface area contributed by atoms with Crippen molar-refractivity contribution >= 4 is 12.0 Å². The fourth-order valence-electron chi connectivity index (χ4n) is 3.39. The largest absolute Gasteiger partial charge is 0.481 e. The topological polar surface area (TPSA) is 72.9 Å². The Bertz CT molecular complexity index is 367. The van der Waals surface area contributed by atoms with E-state index >= 15 is 0 Å². The summed E-state index contributed by atoms with van der Waals surface area (Å²) < 4.78 is 0. The van der Waals surface area contributed by atoms with Crippen LogP contribution >= 0.6 is 0 Å². The number of amides is 2. The number of piperidine rings is 1. The molecule has 2 rings (SSSR count). The van der Waals surface area contributed by atoms with Gasteiger partial charge >= 0.3 is 12.0 Å². The van der Waals surface area contributed by atoms with Gasteiger partial charge in [-0.15, -0.1) is 0 Å². The second-order valence-corrected chi connectivity index (χ2v) is 6.15. The quantitative estimate of drug-likeness (QED) is 0.807.